The van der Waals surface area contributed by atoms with Crippen molar-refractivity contribution in [1.29, 1.82) is 0 Å². The van der Waals surface area contributed by atoms with Gasteiger partial charge in [0, 0.05) is 6.54 Å². The first kappa shape index (κ1) is 10.7. The topological polar surface area (TPSA) is 26.0 Å². The third-order valence-electron chi connectivity index (χ3n) is 2.31. The van der Waals surface area contributed by atoms with E-state index in [-0.39, 0.29) is 5.41 Å². The van der Waals surface area contributed by atoms with Crippen LogP contribution in [0.25, 0.3) is 0 Å². The van der Waals surface area contributed by atoms with Crippen LogP contribution in [0.3, 0.4) is 0 Å². The third-order valence-corrected chi connectivity index (χ3v) is 2.31. The Hall–Kier alpha value is -0.300. The summed E-state index contributed by atoms with van der Waals surface area (Å²) >= 11 is 0. The summed E-state index contributed by atoms with van der Waals surface area (Å²) in [5, 5.41) is 0. The van der Waals surface area contributed by atoms with E-state index in [1.165, 1.54) is 25.7 Å². The molecule has 0 heterocycles. The highest BCUT2D eigenvalue weighted by Crippen LogP contribution is 2.23. The minimum absolute atomic E-state index is 0.176. The molecule has 0 saturated carbocycles. The fourth-order valence-electron chi connectivity index (χ4n) is 1.07. The summed E-state index contributed by atoms with van der Waals surface area (Å²) in [5.41, 5.74) is 5.80. The fraction of sp³-hybridized carbons (Fsp3) is 0.800. The van der Waals surface area contributed by atoms with Crippen LogP contribution >= 0.6 is 0 Å². The molecular formula is C10H21N. The maximum Gasteiger partial charge on any atom is 0.00114 e. The van der Waals surface area contributed by atoms with Gasteiger partial charge in [-0.2, -0.15) is 0 Å². The summed E-state index contributed by atoms with van der Waals surface area (Å²) in [4.78, 5) is 0. The van der Waals surface area contributed by atoms with Crippen molar-refractivity contribution < 1.29 is 0 Å². The molecule has 1 atom stereocenters. The van der Waals surface area contributed by atoms with E-state index >= 15 is 0 Å². The number of hydrogen-bond acceptors (Lipinski definition) is 1. The zero-order chi connectivity index (χ0) is 8.74. The summed E-state index contributed by atoms with van der Waals surface area (Å²) in [5.74, 6) is 0. The highest BCUT2D eigenvalue weighted by Gasteiger charge is 2.16. The molecule has 0 aromatic heterocycles. The van der Waals surface area contributed by atoms with E-state index in [1.807, 2.05) is 6.08 Å². The van der Waals surface area contributed by atoms with Crippen LogP contribution in [0.5, 0.6) is 0 Å². The van der Waals surface area contributed by atoms with Gasteiger partial charge in [0.05, 0.1) is 0 Å². The highest BCUT2D eigenvalue weighted by molar-refractivity contribution is 4.91. The molecule has 0 radical (unpaired) electrons. The Labute approximate surface area is 70.7 Å². The van der Waals surface area contributed by atoms with Crippen molar-refractivity contribution in [3.8, 4) is 0 Å². The van der Waals surface area contributed by atoms with E-state index in [2.05, 4.69) is 20.4 Å². The van der Waals surface area contributed by atoms with E-state index in [9.17, 15) is 0 Å². The van der Waals surface area contributed by atoms with Gasteiger partial charge in [0.25, 0.3) is 0 Å². The summed E-state index contributed by atoms with van der Waals surface area (Å²) in [6.07, 6.45) is 7.03. The molecule has 0 aliphatic heterocycles. The molecule has 1 unspecified atom stereocenters. The second-order valence-corrected chi connectivity index (χ2v) is 3.52. The zero-order valence-corrected chi connectivity index (χ0v) is 7.90. The molecule has 0 aliphatic carbocycles. The number of nitrogens with two attached hydrogens (primary N) is 1. The normalized spacial score (nSPS) is 15.9. The van der Waals surface area contributed by atoms with Crippen molar-refractivity contribution >= 4 is 0 Å². The molecule has 66 valence electrons. The number of hydrogen-bond donors (Lipinski definition) is 1. The van der Waals surface area contributed by atoms with Gasteiger partial charge in [-0.1, -0.05) is 39.2 Å². The van der Waals surface area contributed by atoms with E-state index in [0.29, 0.717) is 0 Å². The minimum Gasteiger partial charge on any atom is -0.330 e. The van der Waals surface area contributed by atoms with Crippen molar-refractivity contribution in [3.63, 3.8) is 0 Å². The molecule has 0 fully saturated rings. The van der Waals surface area contributed by atoms with Crippen LogP contribution in [0.15, 0.2) is 12.7 Å². The summed E-state index contributed by atoms with van der Waals surface area (Å²) in [6.45, 7) is 8.92. The molecule has 0 aliphatic rings. The quantitative estimate of drug-likeness (QED) is 0.463. The van der Waals surface area contributed by atoms with Crippen LogP contribution in [0.4, 0.5) is 0 Å². The van der Waals surface area contributed by atoms with Crippen molar-refractivity contribution in [1.82, 2.24) is 0 Å². The van der Waals surface area contributed by atoms with Crippen LogP contribution in [0.1, 0.15) is 39.5 Å². The average molecular weight is 155 g/mol. The molecule has 0 saturated heterocycles. The smallest absolute Gasteiger partial charge is 0.00114 e. The van der Waals surface area contributed by atoms with Gasteiger partial charge in [-0.05, 0) is 11.8 Å². The minimum atomic E-state index is 0.176. The molecule has 0 aromatic rings. The van der Waals surface area contributed by atoms with Gasteiger partial charge in [0.15, 0.2) is 0 Å². The van der Waals surface area contributed by atoms with Crippen LogP contribution in [0.2, 0.25) is 0 Å². The van der Waals surface area contributed by atoms with E-state index in [4.69, 9.17) is 5.73 Å². The van der Waals surface area contributed by atoms with Gasteiger partial charge >= 0.3 is 0 Å². The Morgan fingerprint density at radius 1 is 1.45 bits per heavy atom. The lowest BCUT2D eigenvalue weighted by atomic mass is 9.85. The second-order valence-electron chi connectivity index (χ2n) is 3.52. The van der Waals surface area contributed by atoms with Gasteiger partial charge < -0.3 is 5.73 Å². The number of rotatable bonds is 6. The standard InChI is InChI=1S/C10H21N/c1-4-6-7-8-10(3,5-2)9-11/h5H,2,4,6-9,11H2,1,3H3. The molecule has 11 heavy (non-hydrogen) atoms. The summed E-state index contributed by atoms with van der Waals surface area (Å²) in [7, 11) is 0. The van der Waals surface area contributed by atoms with E-state index in [1.54, 1.807) is 0 Å². The Balaban J connectivity index is 3.60. The van der Waals surface area contributed by atoms with Gasteiger partial charge in [-0.15, -0.1) is 6.58 Å². The molecular weight excluding hydrogens is 134 g/mol. The third kappa shape index (κ3) is 4.20. The van der Waals surface area contributed by atoms with Crippen LogP contribution in [0, 0.1) is 5.41 Å². The highest BCUT2D eigenvalue weighted by atomic mass is 14.6. The maximum atomic E-state index is 5.63. The molecule has 0 aromatic carbocycles. The summed E-state index contributed by atoms with van der Waals surface area (Å²) < 4.78 is 0. The molecule has 0 rings (SSSR count). The van der Waals surface area contributed by atoms with Crippen LogP contribution in [-0.4, -0.2) is 6.54 Å². The maximum absolute atomic E-state index is 5.63. The first-order valence-corrected chi connectivity index (χ1v) is 4.52. The zero-order valence-electron chi connectivity index (χ0n) is 7.90. The van der Waals surface area contributed by atoms with Gasteiger partial charge in [-0.3, -0.25) is 0 Å². The average Bonchev–Trinajstić information content (AvgIpc) is 2.05. The van der Waals surface area contributed by atoms with Crippen molar-refractivity contribution in [2.75, 3.05) is 6.54 Å². The first-order chi connectivity index (χ1) is 5.18. The Morgan fingerprint density at radius 2 is 2.09 bits per heavy atom. The molecule has 2 N–H and O–H groups in total. The summed E-state index contributed by atoms with van der Waals surface area (Å²) in [6, 6.07) is 0. The Morgan fingerprint density at radius 3 is 2.45 bits per heavy atom. The molecule has 0 spiro atoms. The monoisotopic (exact) mass is 155 g/mol. The van der Waals surface area contributed by atoms with Gasteiger partial charge in [-0.25, -0.2) is 0 Å². The lowest BCUT2D eigenvalue weighted by Crippen LogP contribution is -2.24. The van der Waals surface area contributed by atoms with Crippen molar-refractivity contribution in [2.45, 2.75) is 39.5 Å². The van der Waals surface area contributed by atoms with Gasteiger partial charge in [0.1, 0.15) is 0 Å². The largest absolute Gasteiger partial charge is 0.330 e. The lowest BCUT2D eigenvalue weighted by molar-refractivity contribution is 0.384. The van der Waals surface area contributed by atoms with Crippen molar-refractivity contribution in [3.05, 3.63) is 12.7 Å². The molecule has 1 nitrogen and oxygen atoms in total. The lowest BCUT2D eigenvalue weighted by Gasteiger charge is -2.23. The first-order valence-electron chi connectivity index (χ1n) is 4.52. The predicted octanol–water partition coefficient (Wildman–Crippen LogP) is 2.72. The fourth-order valence-corrected chi connectivity index (χ4v) is 1.07. The molecule has 1 heteroatoms. The predicted molar refractivity (Wildman–Crippen MR) is 51.5 cm³/mol. The van der Waals surface area contributed by atoms with Crippen LogP contribution < -0.4 is 5.73 Å². The SMILES string of the molecule is C=CC(C)(CN)CCCCC. The Kier molecular flexibility index (Phi) is 5.22. The van der Waals surface area contributed by atoms with Crippen molar-refractivity contribution in [2.24, 2.45) is 11.1 Å². The van der Waals surface area contributed by atoms with E-state index < -0.39 is 0 Å². The van der Waals surface area contributed by atoms with Gasteiger partial charge in [0.2, 0.25) is 0 Å². The van der Waals surface area contributed by atoms with E-state index in [0.717, 1.165) is 6.54 Å². The number of unbranched alkanes of at least 4 members (excludes halogenated alkanes) is 2. The Bertz CT molecular complexity index is 109. The second kappa shape index (κ2) is 5.36. The molecule has 0 amide bonds. The van der Waals surface area contributed by atoms with Crippen LogP contribution in [-0.2, 0) is 0 Å². The molecule has 0 bridgehead atoms.